The third-order valence-corrected chi connectivity index (χ3v) is 4.80. The van der Waals surface area contributed by atoms with Crippen LogP contribution in [0.1, 0.15) is 0 Å². The Hall–Kier alpha value is -2.87. The number of fused-ring (bicyclic) bond motifs is 1. The van der Waals surface area contributed by atoms with Crippen LogP contribution in [-0.2, 0) is 7.05 Å². The van der Waals surface area contributed by atoms with Gasteiger partial charge < -0.3 is 4.74 Å². The maximum absolute atomic E-state index is 14.4. The molecule has 4 aromatic rings. The predicted molar refractivity (Wildman–Crippen MR) is 101 cm³/mol. The van der Waals surface area contributed by atoms with E-state index in [-0.39, 0.29) is 5.56 Å². The van der Waals surface area contributed by atoms with Crippen LogP contribution in [0.3, 0.4) is 0 Å². The highest BCUT2D eigenvalue weighted by Crippen LogP contribution is 2.37. The van der Waals surface area contributed by atoms with Crippen LogP contribution in [0.5, 0.6) is 5.75 Å². The molecule has 0 saturated carbocycles. The summed E-state index contributed by atoms with van der Waals surface area (Å²) in [4.78, 5) is 8.69. The number of aryl methyl sites for hydroxylation is 1. The topological polar surface area (TPSA) is 52.8 Å². The molecule has 2 heterocycles. The Morgan fingerprint density at radius 2 is 1.85 bits per heavy atom. The zero-order valence-corrected chi connectivity index (χ0v) is 16.0. The summed E-state index contributed by atoms with van der Waals surface area (Å²) in [6.45, 7) is 0. The van der Waals surface area contributed by atoms with Gasteiger partial charge in [0.25, 0.3) is 0 Å². The van der Waals surface area contributed by atoms with E-state index >= 15 is 0 Å². The first-order chi connectivity index (χ1) is 13.0. The normalized spacial score (nSPS) is 11.1. The lowest BCUT2D eigenvalue weighted by Crippen LogP contribution is -1.94. The van der Waals surface area contributed by atoms with Gasteiger partial charge in [0, 0.05) is 41.9 Å². The number of aromatic nitrogens is 4. The van der Waals surface area contributed by atoms with Crippen molar-refractivity contribution in [1.82, 2.24) is 19.7 Å². The zero-order valence-electron chi connectivity index (χ0n) is 14.4. The van der Waals surface area contributed by atoms with Crippen molar-refractivity contribution < 1.29 is 13.5 Å². The molecule has 0 unspecified atom stereocenters. The molecule has 0 bridgehead atoms. The first-order valence-electron chi connectivity index (χ1n) is 7.95. The van der Waals surface area contributed by atoms with E-state index in [0.717, 1.165) is 15.9 Å². The van der Waals surface area contributed by atoms with Crippen LogP contribution in [0.4, 0.5) is 8.78 Å². The SMILES string of the molecule is COc1cc2ncnc(-c3cn(C)nc3-c3ccc(F)cc3F)c2cc1Br. The molecule has 0 atom stereocenters. The van der Waals surface area contributed by atoms with Gasteiger partial charge in [-0.1, -0.05) is 0 Å². The average molecular weight is 431 g/mol. The maximum Gasteiger partial charge on any atom is 0.135 e. The number of halogens is 3. The maximum atomic E-state index is 14.4. The summed E-state index contributed by atoms with van der Waals surface area (Å²) in [6.07, 6.45) is 3.18. The van der Waals surface area contributed by atoms with Gasteiger partial charge in [-0.3, -0.25) is 4.68 Å². The van der Waals surface area contributed by atoms with Crippen molar-refractivity contribution in [1.29, 1.82) is 0 Å². The summed E-state index contributed by atoms with van der Waals surface area (Å²) in [6, 6.07) is 7.06. The van der Waals surface area contributed by atoms with Gasteiger partial charge in [0.05, 0.1) is 22.8 Å². The Balaban J connectivity index is 1.99. The molecular weight excluding hydrogens is 418 g/mol. The lowest BCUT2D eigenvalue weighted by atomic mass is 10.0. The van der Waals surface area contributed by atoms with Crippen LogP contribution in [0.15, 0.2) is 47.3 Å². The van der Waals surface area contributed by atoms with Gasteiger partial charge >= 0.3 is 0 Å². The fourth-order valence-corrected chi connectivity index (χ4v) is 3.48. The van der Waals surface area contributed by atoms with Gasteiger partial charge in [-0.15, -0.1) is 0 Å². The Morgan fingerprint density at radius 3 is 2.59 bits per heavy atom. The van der Waals surface area contributed by atoms with Crippen LogP contribution in [-0.4, -0.2) is 26.9 Å². The van der Waals surface area contributed by atoms with Crippen molar-refractivity contribution >= 4 is 26.8 Å². The molecule has 0 N–H and O–H groups in total. The number of hydrogen-bond acceptors (Lipinski definition) is 4. The molecule has 0 aliphatic heterocycles. The molecular formula is C19H13BrF2N4O. The third kappa shape index (κ3) is 3.06. The van der Waals surface area contributed by atoms with Crippen LogP contribution in [0.25, 0.3) is 33.4 Å². The summed E-state index contributed by atoms with van der Waals surface area (Å²) in [5.74, 6) is -0.684. The standard InChI is InChI=1S/C19H13BrF2N4O/c1-26-8-13(19(25-26)11-4-3-10(21)5-15(11)22)18-12-6-14(20)17(27-2)7-16(12)23-9-24-18/h3-9H,1-2H3. The largest absolute Gasteiger partial charge is 0.495 e. The van der Waals surface area contributed by atoms with E-state index in [1.165, 1.54) is 18.5 Å². The lowest BCUT2D eigenvalue weighted by molar-refractivity contribution is 0.412. The fraction of sp³-hybridized carbons (Fsp3) is 0.105. The van der Waals surface area contributed by atoms with E-state index in [9.17, 15) is 8.78 Å². The lowest BCUT2D eigenvalue weighted by Gasteiger charge is -2.09. The second-order valence-electron chi connectivity index (χ2n) is 5.92. The summed E-state index contributed by atoms with van der Waals surface area (Å²) in [5, 5.41) is 5.12. The van der Waals surface area contributed by atoms with Crippen LogP contribution < -0.4 is 4.74 Å². The quantitative estimate of drug-likeness (QED) is 0.470. The minimum absolute atomic E-state index is 0.200. The molecule has 0 radical (unpaired) electrons. The summed E-state index contributed by atoms with van der Waals surface area (Å²) in [7, 11) is 3.31. The summed E-state index contributed by atoms with van der Waals surface area (Å²) >= 11 is 3.47. The highest BCUT2D eigenvalue weighted by Gasteiger charge is 2.20. The van der Waals surface area contributed by atoms with Gasteiger partial charge in [-0.2, -0.15) is 5.10 Å². The van der Waals surface area contributed by atoms with Crippen LogP contribution in [0.2, 0.25) is 0 Å². The molecule has 0 aliphatic carbocycles. The summed E-state index contributed by atoms with van der Waals surface area (Å²) in [5.41, 5.74) is 2.46. The molecule has 0 amide bonds. The number of nitrogens with zero attached hydrogens (tertiary/aromatic N) is 4. The fourth-order valence-electron chi connectivity index (χ4n) is 2.97. The highest BCUT2D eigenvalue weighted by atomic mass is 79.9. The average Bonchev–Trinajstić information content (AvgIpc) is 3.02. The number of benzene rings is 2. The zero-order chi connectivity index (χ0) is 19.1. The van der Waals surface area contributed by atoms with E-state index in [1.54, 1.807) is 31.1 Å². The molecule has 0 fully saturated rings. The third-order valence-electron chi connectivity index (χ3n) is 4.18. The van der Waals surface area contributed by atoms with Crippen molar-refractivity contribution in [3.63, 3.8) is 0 Å². The van der Waals surface area contributed by atoms with E-state index in [1.807, 2.05) is 6.07 Å². The molecule has 8 heteroatoms. The van der Waals surface area contributed by atoms with Crippen LogP contribution in [0, 0.1) is 11.6 Å². The first-order valence-corrected chi connectivity index (χ1v) is 8.75. The van der Waals surface area contributed by atoms with Gasteiger partial charge in [-0.25, -0.2) is 18.7 Å². The Kier molecular flexibility index (Phi) is 4.35. The molecule has 0 spiro atoms. The van der Waals surface area contributed by atoms with Crippen molar-refractivity contribution in [2.45, 2.75) is 0 Å². The van der Waals surface area contributed by atoms with Crippen LogP contribution >= 0.6 is 15.9 Å². The second kappa shape index (κ2) is 6.70. The first kappa shape index (κ1) is 17.5. The molecule has 5 nitrogen and oxygen atoms in total. The molecule has 0 aliphatic rings. The van der Waals surface area contributed by atoms with Crippen molar-refractivity contribution in [2.75, 3.05) is 7.11 Å². The monoisotopic (exact) mass is 430 g/mol. The van der Waals surface area contributed by atoms with Gasteiger partial charge in [0.1, 0.15) is 29.4 Å². The molecule has 0 saturated heterocycles. The van der Waals surface area contributed by atoms with Crippen molar-refractivity contribution in [2.24, 2.45) is 7.05 Å². The number of ether oxygens (including phenoxy) is 1. The minimum atomic E-state index is -0.684. The van der Waals surface area contributed by atoms with Crippen molar-refractivity contribution in [3.05, 3.63) is 59.0 Å². The van der Waals surface area contributed by atoms with E-state index in [4.69, 9.17) is 4.74 Å². The molecule has 2 aromatic carbocycles. The molecule has 136 valence electrons. The van der Waals surface area contributed by atoms with Gasteiger partial charge in [-0.05, 0) is 34.1 Å². The Bertz CT molecular complexity index is 1180. The van der Waals surface area contributed by atoms with E-state index in [2.05, 4.69) is 31.0 Å². The smallest absolute Gasteiger partial charge is 0.135 e. The Morgan fingerprint density at radius 1 is 1.04 bits per heavy atom. The van der Waals surface area contributed by atoms with Gasteiger partial charge in [0.15, 0.2) is 0 Å². The highest BCUT2D eigenvalue weighted by molar-refractivity contribution is 9.10. The van der Waals surface area contributed by atoms with Crippen molar-refractivity contribution in [3.8, 4) is 28.3 Å². The second-order valence-corrected chi connectivity index (χ2v) is 6.77. The molecule has 27 heavy (non-hydrogen) atoms. The molecule has 2 aromatic heterocycles. The number of hydrogen-bond donors (Lipinski definition) is 0. The van der Waals surface area contributed by atoms with Gasteiger partial charge in [0.2, 0.25) is 0 Å². The van der Waals surface area contributed by atoms with E-state index in [0.29, 0.717) is 28.2 Å². The number of methoxy groups -OCH3 is 1. The molecule has 4 rings (SSSR count). The Labute approximate surface area is 161 Å². The number of rotatable bonds is 3. The minimum Gasteiger partial charge on any atom is -0.495 e. The predicted octanol–water partition coefficient (Wildman–Crippen LogP) is 4.75. The van der Waals surface area contributed by atoms with E-state index < -0.39 is 11.6 Å². The summed E-state index contributed by atoms with van der Waals surface area (Å²) < 4.78 is 35.3.